The Balaban J connectivity index is 0.00000264. The first-order chi connectivity index (χ1) is 10.7. The molecule has 0 fully saturated rings. The number of pyridine rings is 1. The molecule has 5 nitrogen and oxygen atoms in total. The number of methoxy groups -OCH3 is 1. The van der Waals surface area contributed by atoms with Crippen LogP contribution >= 0.6 is 24.8 Å². The Hall–Kier alpha value is -1.56. The van der Waals surface area contributed by atoms with E-state index in [1.807, 2.05) is 31.2 Å². The molecule has 0 bridgehead atoms. The number of ether oxygens (including phenoxy) is 1. The van der Waals surface area contributed by atoms with Crippen molar-refractivity contribution in [3.8, 4) is 5.75 Å². The van der Waals surface area contributed by atoms with Crippen molar-refractivity contribution in [3.05, 3.63) is 35.5 Å². The number of hydrogen-bond donors (Lipinski definition) is 2. The van der Waals surface area contributed by atoms with Gasteiger partial charge in [0.25, 0.3) is 5.91 Å². The van der Waals surface area contributed by atoms with E-state index in [0.29, 0.717) is 12.1 Å². The van der Waals surface area contributed by atoms with E-state index < -0.39 is 0 Å². The van der Waals surface area contributed by atoms with Gasteiger partial charge in [0, 0.05) is 24.2 Å². The van der Waals surface area contributed by atoms with Gasteiger partial charge in [-0.3, -0.25) is 9.78 Å². The number of nitrogens with zero attached hydrogens (tertiary/aromatic N) is 1. The summed E-state index contributed by atoms with van der Waals surface area (Å²) >= 11 is 0. The summed E-state index contributed by atoms with van der Waals surface area (Å²) in [5, 5.41) is 7.02. The summed E-state index contributed by atoms with van der Waals surface area (Å²) in [6, 6.07) is 7.40. The van der Waals surface area contributed by atoms with Crippen LogP contribution in [0.4, 0.5) is 0 Å². The Morgan fingerprint density at radius 3 is 2.58 bits per heavy atom. The van der Waals surface area contributed by atoms with Crippen molar-refractivity contribution in [2.45, 2.75) is 20.3 Å². The number of carbonyl (C=O) groups is 1. The molecule has 0 unspecified atom stereocenters. The van der Waals surface area contributed by atoms with E-state index in [4.69, 9.17) is 4.74 Å². The van der Waals surface area contributed by atoms with Crippen LogP contribution in [0.1, 0.15) is 29.4 Å². The lowest BCUT2D eigenvalue weighted by Gasteiger charge is -2.10. The van der Waals surface area contributed by atoms with E-state index in [1.54, 1.807) is 7.11 Å². The number of carbonyl (C=O) groups excluding carboxylic acids is 1. The fourth-order valence-corrected chi connectivity index (χ4v) is 2.31. The van der Waals surface area contributed by atoms with Crippen LogP contribution in [-0.4, -0.2) is 37.6 Å². The molecule has 0 radical (unpaired) electrons. The molecule has 0 aliphatic rings. The first-order valence-corrected chi connectivity index (χ1v) is 7.60. The number of nitrogens with one attached hydrogen (secondary N) is 2. The molecular weight excluding hydrogens is 349 g/mol. The maximum Gasteiger partial charge on any atom is 0.252 e. The molecule has 7 heteroatoms. The van der Waals surface area contributed by atoms with Crippen molar-refractivity contribution in [1.29, 1.82) is 0 Å². The second-order valence-electron chi connectivity index (χ2n) is 5.20. The van der Waals surface area contributed by atoms with Gasteiger partial charge in [-0.1, -0.05) is 6.92 Å². The van der Waals surface area contributed by atoms with E-state index in [0.717, 1.165) is 41.9 Å². The first-order valence-electron chi connectivity index (χ1n) is 7.60. The number of aromatic nitrogens is 1. The van der Waals surface area contributed by atoms with Crippen LogP contribution < -0.4 is 15.4 Å². The number of rotatable bonds is 7. The zero-order valence-corrected chi connectivity index (χ0v) is 15.9. The molecule has 1 amide bonds. The Morgan fingerprint density at radius 2 is 1.92 bits per heavy atom. The predicted molar refractivity (Wildman–Crippen MR) is 103 cm³/mol. The summed E-state index contributed by atoms with van der Waals surface area (Å²) in [4.78, 5) is 16.9. The van der Waals surface area contributed by atoms with E-state index in [9.17, 15) is 4.79 Å². The van der Waals surface area contributed by atoms with Crippen molar-refractivity contribution in [2.75, 3.05) is 26.7 Å². The number of benzene rings is 1. The second-order valence-corrected chi connectivity index (χ2v) is 5.20. The van der Waals surface area contributed by atoms with Crippen LogP contribution in [0.2, 0.25) is 0 Å². The molecule has 0 saturated heterocycles. The van der Waals surface area contributed by atoms with Gasteiger partial charge in [-0.25, -0.2) is 0 Å². The molecule has 24 heavy (non-hydrogen) atoms. The van der Waals surface area contributed by atoms with Gasteiger partial charge in [-0.2, -0.15) is 0 Å². The van der Waals surface area contributed by atoms with Crippen molar-refractivity contribution < 1.29 is 9.53 Å². The number of halogens is 2. The summed E-state index contributed by atoms with van der Waals surface area (Å²) in [5.74, 6) is 0.638. The van der Waals surface area contributed by atoms with Crippen molar-refractivity contribution >= 4 is 41.6 Å². The summed E-state index contributed by atoms with van der Waals surface area (Å²) in [6.07, 6.45) is 1.09. The van der Waals surface area contributed by atoms with Gasteiger partial charge in [0.15, 0.2) is 0 Å². The third kappa shape index (κ3) is 5.82. The molecule has 0 aliphatic heterocycles. The van der Waals surface area contributed by atoms with Gasteiger partial charge in [0.2, 0.25) is 0 Å². The fraction of sp³-hybridized carbons (Fsp3) is 0.412. The van der Waals surface area contributed by atoms with Gasteiger partial charge < -0.3 is 15.4 Å². The van der Waals surface area contributed by atoms with E-state index in [1.165, 1.54) is 0 Å². The van der Waals surface area contributed by atoms with Crippen LogP contribution in [0.3, 0.4) is 0 Å². The number of aryl methyl sites for hydroxylation is 1. The molecule has 1 heterocycles. The molecule has 2 aromatic rings. The van der Waals surface area contributed by atoms with E-state index >= 15 is 0 Å². The maximum atomic E-state index is 12.4. The monoisotopic (exact) mass is 373 g/mol. The largest absolute Gasteiger partial charge is 0.497 e. The van der Waals surface area contributed by atoms with Gasteiger partial charge in [-0.15, -0.1) is 24.8 Å². The number of fused-ring (bicyclic) bond motifs is 1. The Labute approximate surface area is 155 Å². The predicted octanol–water partition coefficient (Wildman–Crippen LogP) is 3.12. The summed E-state index contributed by atoms with van der Waals surface area (Å²) in [6.45, 7) is 6.34. The zero-order valence-electron chi connectivity index (χ0n) is 14.2. The van der Waals surface area contributed by atoms with E-state index in [2.05, 4.69) is 22.5 Å². The van der Waals surface area contributed by atoms with Gasteiger partial charge >= 0.3 is 0 Å². The Bertz CT molecular complexity index is 666. The molecular formula is C17H25Cl2N3O2. The highest BCUT2D eigenvalue weighted by molar-refractivity contribution is 6.06. The summed E-state index contributed by atoms with van der Waals surface area (Å²) in [5.41, 5.74) is 2.26. The van der Waals surface area contributed by atoms with Crippen LogP contribution in [0, 0.1) is 6.92 Å². The molecule has 2 N–H and O–H groups in total. The first kappa shape index (κ1) is 22.4. The minimum atomic E-state index is -0.0814. The average molecular weight is 374 g/mol. The highest BCUT2D eigenvalue weighted by Crippen LogP contribution is 2.23. The topological polar surface area (TPSA) is 63.2 Å². The van der Waals surface area contributed by atoms with E-state index in [-0.39, 0.29) is 30.7 Å². The van der Waals surface area contributed by atoms with Crippen LogP contribution in [0.25, 0.3) is 10.9 Å². The number of amides is 1. The standard InChI is InChI=1S/C17H23N3O2.2ClH/c1-4-7-18-8-9-19-17(21)15-10-12(2)20-16-6-5-13(22-3)11-14(15)16;;/h5-6,10-11,18H,4,7-9H2,1-3H3,(H,19,21);2*1H. The highest BCUT2D eigenvalue weighted by Gasteiger charge is 2.12. The lowest BCUT2D eigenvalue weighted by atomic mass is 10.1. The molecule has 134 valence electrons. The average Bonchev–Trinajstić information content (AvgIpc) is 2.53. The zero-order chi connectivity index (χ0) is 15.9. The molecule has 1 aromatic carbocycles. The quantitative estimate of drug-likeness (QED) is 0.731. The molecule has 0 aliphatic carbocycles. The Morgan fingerprint density at radius 1 is 1.17 bits per heavy atom. The van der Waals surface area contributed by atoms with Crippen molar-refractivity contribution in [1.82, 2.24) is 15.6 Å². The lowest BCUT2D eigenvalue weighted by Crippen LogP contribution is -2.32. The van der Waals surface area contributed by atoms with Crippen molar-refractivity contribution in [2.24, 2.45) is 0 Å². The molecule has 0 atom stereocenters. The van der Waals surface area contributed by atoms with Gasteiger partial charge in [0.05, 0.1) is 18.2 Å². The normalized spacial score (nSPS) is 9.79. The van der Waals surface area contributed by atoms with Crippen molar-refractivity contribution in [3.63, 3.8) is 0 Å². The fourth-order valence-electron chi connectivity index (χ4n) is 2.31. The van der Waals surface area contributed by atoms with Gasteiger partial charge in [0.1, 0.15) is 5.75 Å². The summed E-state index contributed by atoms with van der Waals surface area (Å²) < 4.78 is 5.24. The summed E-state index contributed by atoms with van der Waals surface area (Å²) in [7, 11) is 1.61. The molecule has 0 spiro atoms. The third-order valence-electron chi connectivity index (χ3n) is 3.40. The smallest absolute Gasteiger partial charge is 0.252 e. The number of hydrogen-bond acceptors (Lipinski definition) is 4. The Kier molecular flexibility index (Phi) is 10.4. The van der Waals surface area contributed by atoms with Crippen LogP contribution in [-0.2, 0) is 0 Å². The third-order valence-corrected chi connectivity index (χ3v) is 3.40. The van der Waals surface area contributed by atoms with Crippen LogP contribution in [0.15, 0.2) is 24.3 Å². The second kappa shape index (κ2) is 11.1. The molecule has 1 aromatic heterocycles. The maximum absolute atomic E-state index is 12.4. The molecule has 0 saturated carbocycles. The van der Waals surface area contributed by atoms with Gasteiger partial charge in [-0.05, 0) is 44.2 Å². The highest BCUT2D eigenvalue weighted by atomic mass is 35.5. The SMILES string of the molecule is CCCNCCNC(=O)c1cc(C)nc2ccc(OC)cc12.Cl.Cl. The minimum absolute atomic E-state index is 0. The molecule has 2 rings (SSSR count). The van der Waals surface area contributed by atoms with Crippen LogP contribution in [0.5, 0.6) is 5.75 Å². The lowest BCUT2D eigenvalue weighted by molar-refractivity contribution is 0.0955. The minimum Gasteiger partial charge on any atom is -0.497 e.